The molecule has 8 nitrogen and oxygen atoms in total. The molecule has 0 unspecified atom stereocenters. The number of hydrogen-bond donors (Lipinski definition) is 2. The third kappa shape index (κ3) is 4.11. The summed E-state index contributed by atoms with van der Waals surface area (Å²) in [6, 6.07) is 7.72. The summed E-state index contributed by atoms with van der Waals surface area (Å²) in [5, 5.41) is 9.86. The summed E-state index contributed by atoms with van der Waals surface area (Å²) < 4.78 is 14.4. The van der Waals surface area contributed by atoms with E-state index in [4.69, 9.17) is 5.73 Å². The summed E-state index contributed by atoms with van der Waals surface area (Å²) in [4.78, 5) is 44.1. The minimum Gasteiger partial charge on any atom is -0.392 e. The predicted molar refractivity (Wildman–Crippen MR) is 115 cm³/mol. The zero-order valence-corrected chi connectivity index (χ0v) is 17.4. The second-order valence-electron chi connectivity index (χ2n) is 7.87. The zero-order valence-electron chi connectivity index (χ0n) is 17.4. The van der Waals surface area contributed by atoms with Crippen molar-refractivity contribution in [2.45, 2.75) is 32.4 Å². The minimum absolute atomic E-state index is 0.0377. The lowest BCUT2D eigenvalue weighted by Crippen LogP contribution is -2.38. The van der Waals surface area contributed by atoms with Crippen molar-refractivity contribution >= 4 is 22.8 Å². The monoisotopic (exact) mass is 438 g/mol. The van der Waals surface area contributed by atoms with Gasteiger partial charge in [-0.25, -0.2) is 4.39 Å². The van der Waals surface area contributed by atoms with Crippen LogP contribution in [-0.2, 0) is 24.4 Å². The molecule has 166 valence electrons. The number of likely N-dealkylation sites (tertiary alicyclic amines) is 1. The number of nitrogens with two attached hydrogens (primary N) is 1. The van der Waals surface area contributed by atoms with Gasteiger partial charge in [0.05, 0.1) is 17.6 Å². The van der Waals surface area contributed by atoms with Crippen molar-refractivity contribution in [3.05, 3.63) is 75.0 Å². The molecule has 2 amide bonds. The molecular formula is C23H23FN4O4. The smallest absolute Gasteiger partial charge is 0.264 e. The Kier molecular flexibility index (Phi) is 6.00. The number of halogens is 1. The number of benzene rings is 1. The van der Waals surface area contributed by atoms with Gasteiger partial charge < -0.3 is 15.7 Å². The molecule has 1 fully saturated rings. The molecule has 1 aliphatic heterocycles. The molecule has 0 spiro atoms. The molecule has 4 rings (SSSR count). The number of aromatic nitrogens is 2. The van der Waals surface area contributed by atoms with Gasteiger partial charge in [-0.2, -0.15) is 0 Å². The van der Waals surface area contributed by atoms with Crippen molar-refractivity contribution in [1.29, 1.82) is 0 Å². The standard InChI is InChI=1S/C23H23FN4O4/c24-16-5-3-14(4-6-16)9-15-10-18-21(26-11-15)17(13-29)20(22(25)31)23(32)28(18)12-19(30)27-7-1-2-8-27/h3-6,10-11,29H,1-2,7-9,12-13H2,(H2,25,31). The summed E-state index contributed by atoms with van der Waals surface area (Å²) in [6.07, 6.45) is 3.79. The van der Waals surface area contributed by atoms with Gasteiger partial charge in [-0.05, 0) is 48.6 Å². The molecule has 0 aliphatic carbocycles. The van der Waals surface area contributed by atoms with Gasteiger partial charge in [0.2, 0.25) is 5.91 Å². The molecule has 1 saturated heterocycles. The maximum Gasteiger partial charge on any atom is 0.264 e. The number of nitrogens with zero attached hydrogens (tertiary/aromatic N) is 3. The molecule has 0 bridgehead atoms. The Hall–Kier alpha value is -3.59. The number of aliphatic hydroxyl groups is 1. The number of carbonyl (C=O) groups is 2. The van der Waals surface area contributed by atoms with Crippen LogP contribution in [0.1, 0.15) is 39.9 Å². The Bertz CT molecular complexity index is 1250. The first-order chi connectivity index (χ1) is 15.4. The summed E-state index contributed by atoms with van der Waals surface area (Å²) in [5.41, 5.74) is 6.49. The number of aliphatic hydroxyl groups excluding tert-OH is 1. The highest BCUT2D eigenvalue weighted by Gasteiger charge is 2.25. The maximum absolute atomic E-state index is 13.2. The SMILES string of the molecule is NC(=O)c1c(CO)c2ncc(Cc3ccc(F)cc3)cc2n(CC(=O)N2CCCC2)c1=O. The van der Waals surface area contributed by atoms with Gasteiger partial charge in [0.1, 0.15) is 17.9 Å². The van der Waals surface area contributed by atoms with E-state index in [1.165, 1.54) is 16.7 Å². The van der Waals surface area contributed by atoms with E-state index in [9.17, 15) is 23.9 Å². The maximum atomic E-state index is 13.2. The van der Waals surface area contributed by atoms with Crippen LogP contribution in [0, 0.1) is 5.82 Å². The lowest BCUT2D eigenvalue weighted by Gasteiger charge is -2.19. The number of fused-ring (bicyclic) bond motifs is 1. The van der Waals surface area contributed by atoms with E-state index in [0.29, 0.717) is 25.0 Å². The quantitative estimate of drug-likeness (QED) is 0.602. The van der Waals surface area contributed by atoms with Gasteiger partial charge >= 0.3 is 0 Å². The summed E-state index contributed by atoms with van der Waals surface area (Å²) in [7, 11) is 0. The predicted octanol–water partition coefficient (Wildman–Crippen LogP) is 1.34. The molecule has 3 heterocycles. The Morgan fingerprint density at radius 3 is 2.44 bits per heavy atom. The molecule has 0 saturated carbocycles. The van der Waals surface area contributed by atoms with Crippen molar-refractivity contribution in [3.63, 3.8) is 0 Å². The number of primary amides is 1. The Morgan fingerprint density at radius 1 is 1.12 bits per heavy atom. The molecule has 9 heteroatoms. The number of hydrogen-bond acceptors (Lipinski definition) is 5. The second-order valence-corrected chi connectivity index (χ2v) is 7.87. The van der Waals surface area contributed by atoms with Crippen LogP contribution in [0.3, 0.4) is 0 Å². The third-order valence-electron chi connectivity index (χ3n) is 5.74. The van der Waals surface area contributed by atoms with E-state index in [1.54, 1.807) is 29.3 Å². The van der Waals surface area contributed by atoms with E-state index in [0.717, 1.165) is 24.0 Å². The van der Waals surface area contributed by atoms with Gasteiger partial charge in [-0.3, -0.25) is 23.9 Å². The first kappa shape index (κ1) is 21.6. The topological polar surface area (TPSA) is 119 Å². The van der Waals surface area contributed by atoms with Crippen molar-refractivity contribution in [2.75, 3.05) is 13.1 Å². The molecule has 0 atom stereocenters. The van der Waals surface area contributed by atoms with Crippen LogP contribution in [0.5, 0.6) is 0 Å². The van der Waals surface area contributed by atoms with Crippen molar-refractivity contribution in [1.82, 2.24) is 14.5 Å². The normalized spacial score (nSPS) is 13.6. The molecule has 2 aromatic heterocycles. The molecular weight excluding hydrogens is 415 g/mol. The van der Waals surface area contributed by atoms with Crippen molar-refractivity contribution in [3.8, 4) is 0 Å². The fourth-order valence-corrected chi connectivity index (χ4v) is 4.13. The molecule has 32 heavy (non-hydrogen) atoms. The Labute approximate surface area is 183 Å². The van der Waals surface area contributed by atoms with E-state index < -0.39 is 18.1 Å². The van der Waals surface area contributed by atoms with Gasteiger partial charge in [0, 0.05) is 24.8 Å². The van der Waals surface area contributed by atoms with Gasteiger partial charge in [-0.1, -0.05) is 12.1 Å². The first-order valence-electron chi connectivity index (χ1n) is 10.4. The molecule has 1 aromatic carbocycles. The van der Waals surface area contributed by atoms with Crippen LogP contribution in [0.4, 0.5) is 4.39 Å². The average molecular weight is 438 g/mol. The fraction of sp³-hybridized carbons (Fsp3) is 0.304. The lowest BCUT2D eigenvalue weighted by molar-refractivity contribution is -0.130. The Balaban J connectivity index is 1.85. The van der Waals surface area contributed by atoms with Gasteiger partial charge in [-0.15, -0.1) is 0 Å². The van der Waals surface area contributed by atoms with Gasteiger partial charge in [0.15, 0.2) is 0 Å². The van der Waals surface area contributed by atoms with Crippen LogP contribution in [0.2, 0.25) is 0 Å². The van der Waals surface area contributed by atoms with E-state index in [1.807, 2.05) is 0 Å². The Morgan fingerprint density at radius 2 is 1.81 bits per heavy atom. The highest BCUT2D eigenvalue weighted by molar-refractivity contribution is 5.98. The summed E-state index contributed by atoms with van der Waals surface area (Å²) in [6.45, 7) is 0.381. The summed E-state index contributed by atoms with van der Waals surface area (Å²) in [5.74, 6) is -1.56. The van der Waals surface area contributed by atoms with E-state index in [-0.39, 0.29) is 34.9 Å². The average Bonchev–Trinajstić information content (AvgIpc) is 3.31. The highest BCUT2D eigenvalue weighted by Crippen LogP contribution is 2.22. The summed E-state index contributed by atoms with van der Waals surface area (Å²) >= 11 is 0. The molecule has 3 aromatic rings. The van der Waals surface area contributed by atoms with Crippen LogP contribution in [-0.4, -0.2) is 44.5 Å². The number of rotatable bonds is 6. The molecule has 0 radical (unpaired) electrons. The molecule has 3 N–H and O–H groups in total. The van der Waals surface area contributed by atoms with Crippen LogP contribution < -0.4 is 11.3 Å². The van der Waals surface area contributed by atoms with Crippen LogP contribution in [0.25, 0.3) is 11.0 Å². The second kappa shape index (κ2) is 8.88. The largest absolute Gasteiger partial charge is 0.392 e. The lowest BCUT2D eigenvalue weighted by atomic mass is 10.0. The molecule has 1 aliphatic rings. The number of carbonyl (C=O) groups excluding carboxylic acids is 2. The van der Waals surface area contributed by atoms with Crippen molar-refractivity contribution < 1.29 is 19.1 Å². The fourth-order valence-electron chi connectivity index (χ4n) is 4.13. The van der Waals surface area contributed by atoms with E-state index in [2.05, 4.69) is 4.98 Å². The third-order valence-corrected chi connectivity index (χ3v) is 5.74. The van der Waals surface area contributed by atoms with Crippen LogP contribution >= 0.6 is 0 Å². The zero-order chi connectivity index (χ0) is 22.8. The van der Waals surface area contributed by atoms with E-state index >= 15 is 0 Å². The minimum atomic E-state index is -0.986. The van der Waals surface area contributed by atoms with Crippen molar-refractivity contribution in [2.24, 2.45) is 5.73 Å². The highest BCUT2D eigenvalue weighted by atomic mass is 19.1. The number of pyridine rings is 2. The van der Waals surface area contributed by atoms with Gasteiger partial charge in [0.25, 0.3) is 11.5 Å². The number of amides is 2. The first-order valence-corrected chi connectivity index (χ1v) is 10.4. The van der Waals surface area contributed by atoms with Crippen LogP contribution in [0.15, 0.2) is 41.3 Å².